The van der Waals surface area contributed by atoms with Gasteiger partial charge < -0.3 is 14.4 Å². The van der Waals surface area contributed by atoms with Crippen molar-refractivity contribution < 1.29 is 45.4 Å². The van der Waals surface area contributed by atoms with Crippen LogP contribution >= 0.6 is 0 Å². The predicted molar refractivity (Wildman–Crippen MR) is 194 cm³/mol. The Morgan fingerprint density at radius 3 is 2.20 bits per heavy atom. The third kappa shape index (κ3) is 7.00. The molecule has 3 heterocycles. The molecule has 0 aliphatic rings. The number of fused-ring (bicyclic) bond motifs is 3. The minimum absolute atomic E-state index is 0. The van der Waals surface area contributed by atoms with Gasteiger partial charge >= 0.3 is 0 Å². The molecule has 5 heteroatoms. The number of aromatic nitrogens is 2. The summed E-state index contributed by atoms with van der Waals surface area (Å²) in [6.45, 7) is -10.1. The van der Waals surface area contributed by atoms with Crippen molar-refractivity contribution in [3.05, 3.63) is 168 Å². The maximum atomic E-state index is 12.9. The van der Waals surface area contributed by atoms with Gasteiger partial charge in [-0.2, -0.15) is 0 Å². The van der Waals surface area contributed by atoms with Crippen LogP contribution in [0.15, 0.2) is 132 Å². The molecule has 5 aromatic carbocycles. The molecule has 0 fully saturated rings. The van der Waals surface area contributed by atoms with Crippen molar-refractivity contribution in [3.63, 3.8) is 0 Å². The number of benzene rings is 5. The zero-order valence-corrected chi connectivity index (χ0v) is 28.0. The zero-order chi connectivity index (χ0) is 43.2. The van der Waals surface area contributed by atoms with E-state index in [2.05, 4.69) is 22.1 Å². The van der Waals surface area contributed by atoms with Crippen molar-refractivity contribution in [2.75, 3.05) is 0 Å². The Hall–Kier alpha value is -5.22. The van der Waals surface area contributed by atoms with Gasteiger partial charge in [0.15, 0.2) is 0 Å². The number of rotatable bonds is 4. The van der Waals surface area contributed by atoms with Crippen molar-refractivity contribution in [1.82, 2.24) is 9.97 Å². The van der Waals surface area contributed by atoms with Gasteiger partial charge in [-0.3, -0.25) is 4.39 Å². The van der Waals surface area contributed by atoms with Gasteiger partial charge in [0.05, 0.1) is 5.58 Å². The Bertz CT molecular complexity index is 2830. The second kappa shape index (κ2) is 14.5. The van der Waals surface area contributed by atoms with Crippen molar-refractivity contribution in [2.45, 2.75) is 27.4 Å². The van der Waals surface area contributed by atoms with E-state index >= 15 is 0 Å². The van der Waals surface area contributed by atoms with E-state index in [1.165, 1.54) is 24.4 Å². The van der Waals surface area contributed by atoms with Gasteiger partial charge in [0.2, 0.25) is 0 Å². The number of halogens is 1. The molecule has 243 valence electrons. The van der Waals surface area contributed by atoms with Crippen LogP contribution in [0.4, 0.5) is 4.39 Å². The molecular formula is C44H33FIrN2O-2. The largest absolute Gasteiger partial charge is 0.501 e. The van der Waals surface area contributed by atoms with E-state index in [1.54, 1.807) is 24.3 Å². The van der Waals surface area contributed by atoms with Gasteiger partial charge in [0.25, 0.3) is 0 Å². The Morgan fingerprint density at radius 1 is 0.633 bits per heavy atom. The van der Waals surface area contributed by atoms with Crippen molar-refractivity contribution >= 4 is 21.9 Å². The average Bonchev–Trinajstić information content (AvgIpc) is 3.59. The van der Waals surface area contributed by atoms with E-state index < -0.39 is 33.2 Å². The third-order valence-corrected chi connectivity index (χ3v) is 7.87. The molecule has 8 rings (SSSR count). The van der Waals surface area contributed by atoms with E-state index in [9.17, 15) is 4.39 Å². The van der Waals surface area contributed by atoms with Crippen molar-refractivity contribution in [2.24, 2.45) is 0 Å². The summed E-state index contributed by atoms with van der Waals surface area (Å²) < 4.78 is 113. The van der Waals surface area contributed by atoms with Crippen molar-refractivity contribution in [3.8, 4) is 44.8 Å². The van der Waals surface area contributed by atoms with E-state index in [0.29, 0.717) is 33.6 Å². The summed E-state index contributed by atoms with van der Waals surface area (Å²) in [6.07, 6.45) is 2.34. The van der Waals surface area contributed by atoms with Crippen LogP contribution in [0.25, 0.3) is 66.7 Å². The average molecular weight is 829 g/mol. The molecule has 0 saturated heterocycles. The maximum Gasteiger partial charge on any atom is 0.120 e. The van der Waals surface area contributed by atoms with Gasteiger partial charge in [-0.15, -0.1) is 48.0 Å². The van der Waals surface area contributed by atoms with Crippen LogP contribution < -0.4 is 0 Å². The normalized spacial score (nSPS) is 15.4. The molecule has 0 aliphatic heterocycles. The number of hydrogen-bond donors (Lipinski definition) is 0. The van der Waals surface area contributed by atoms with Crippen LogP contribution in [0, 0.1) is 45.4 Å². The van der Waals surface area contributed by atoms with E-state index in [0.717, 1.165) is 34.2 Å². The molecule has 3 nitrogen and oxygen atoms in total. The van der Waals surface area contributed by atoms with E-state index in [-0.39, 0.29) is 53.6 Å². The fraction of sp³-hybridized carbons (Fsp3) is 0.0909. The summed E-state index contributed by atoms with van der Waals surface area (Å²) >= 11 is 0. The first-order valence-corrected chi connectivity index (χ1v) is 14.9. The standard InChI is InChI=1S/C31H22NO.C13H11FN.Ir/c1-20-17-23(22-9-4-3-5-10-22)15-16-24(20)28-18-29(32-19-21(28)2)27-13-8-12-26-25-11-6-7-14-30(25)33-31(26)27;1-9-7-13(15-8-10(9)2)11-3-5-12(14)6-4-11;/h3-12,14-19H,1-2H3;3,5-8H,1-2H3;/q2*-1;/i2*1D3,2D3;. The number of aryl methyl sites for hydroxylation is 4. The summed E-state index contributed by atoms with van der Waals surface area (Å²) in [5.41, 5.74) is 4.56. The summed E-state index contributed by atoms with van der Waals surface area (Å²) in [4.78, 5) is 8.44. The summed E-state index contributed by atoms with van der Waals surface area (Å²) in [5, 5.41) is 1.83. The topological polar surface area (TPSA) is 38.9 Å². The summed E-state index contributed by atoms with van der Waals surface area (Å²) in [5.74, 6) is -0.478. The second-order valence-electron chi connectivity index (χ2n) is 11.0. The van der Waals surface area contributed by atoms with Crippen LogP contribution in [-0.2, 0) is 20.1 Å². The molecular weight excluding hydrogens is 784 g/mol. The smallest absolute Gasteiger partial charge is 0.120 e. The Kier molecular flexibility index (Phi) is 6.41. The minimum atomic E-state index is -2.58. The van der Waals surface area contributed by atoms with Crippen LogP contribution in [0.2, 0.25) is 0 Å². The SMILES string of the molecule is [2H]C([2H])([2H])c1cnc(-c2[c-]cc(F)cc2)cc1C([2H])([2H])[2H].[2H]C([2H])([2H])c1cnc(-c2[c-]ccc3c2oc2ccccc23)cc1-c1ccc(-c2ccccc2)cc1C([2H])([2H])[2H].[Ir]. The molecule has 8 aromatic rings. The summed E-state index contributed by atoms with van der Waals surface area (Å²) in [6, 6.07) is 38.3. The molecule has 0 bridgehead atoms. The van der Waals surface area contributed by atoms with Crippen LogP contribution in [-0.4, -0.2) is 9.97 Å². The van der Waals surface area contributed by atoms with Crippen LogP contribution in [0.1, 0.15) is 38.7 Å². The first-order chi connectivity index (χ1) is 28.2. The van der Waals surface area contributed by atoms with Gasteiger partial charge in [-0.1, -0.05) is 95.4 Å². The molecule has 1 radical (unpaired) electrons. The van der Waals surface area contributed by atoms with Gasteiger partial charge in [-0.05, 0) is 83.8 Å². The summed E-state index contributed by atoms with van der Waals surface area (Å²) in [7, 11) is 0. The fourth-order valence-electron chi connectivity index (χ4n) is 5.45. The van der Waals surface area contributed by atoms with Crippen LogP contribution in [0.5, 0.6) is 0 Å². The second-order valence-corrected chi connectivity index (χ2v) is 11.0. The number of nitrogens with zero attached hydrogens (tertiary/aromatic N) is 2. The molecule has 0 amide bonds. The molecule has 0 aliphatic carbocycles. The first-order valence-electron chi connectivity index (χ1n) is 20.9. The zero-order valence-electron chi connectivity index (χ0n) is 37.6. The molecule has 0 saturated carbocycles. The Labute approximate surface area is 316 Å². The number of pyridine rings is 2. The van der Waals surface area contributed by atoms with Gasteiger partial charge in [-0.25, -0.2) is 0 Å². The number of hydrogen-bond acceptors (Lipinski definition) is 3. The van der Waals surface area contributed by atoms with E-state index in [4.69, 9.17) is 20.9 Å². The molecule has 0 N–H and O–H groups in total. The molecule has 0 unspecified atom stereocenters. The van der Waals surface area contributed by atoms with E-state index in [1.807, 2.05) is 66.7 Å². The van der Waals surface area contributed by atoms with Crippen molar-refractivity contribution in [1.29, 1.82) is 0 Å². The number of para-hydroxylation sites is 1. The molecule has 0 atom stereocenters. The molecule has 0 spiro atoms. The molecule has 49 heavy (non-hydrogen) atoms. The maximum absolute atomic E-state index is 12.9. The quantitative estimate of drug-likeness (QED) is 0.166. The van der Waals surface area contributed by atoms with Gasteiger partial charge in [0, 0.05) is 60.2 Å². The van der Waals surface area contributed by atoms with Crippen LogP contribution in [0.3, 0.4) is 0 Å². The first kappa shape index (κ1) is 21.7. The predicted octanol–water partition coefficient (Wildman–Crippen LogP) is 11.7. The fourth-order valence-corrected chi connectivity index (χ4v) is 5.45. The Balaban J connectivity index is 0.000000240. The monoisotopic (exact) mass is 829 g/mol. The molecule has 3 aromatic heterocycles. The van der Waals surface area contributed by atoms with Gasteiger partial charge in [0.1, 0.15) is 5.58 Å². The third-order valence-electron chi connectivity index (χ3n) is 7.87. The minimum Gasteiger partial charge on any atom is -0.501 e. The number of furan rings is 1. The Morgan fingerprint density at radius 2 is 1.41 bits per heavy atom.